The van der Waals surface area contributed by atoms with Crippen molar-refractivity contribution in [1.82, 2.24) is 20.0 Å². The Morgan fingerprint density at radius 3 is 2.17 bits per heavy atom. The van der Waals surface area contributed by atoms with Crippen LogP contribution in [0.1, 0.15) is 56.7 Å². The Kier molecular flexibility index (Phi) is 5.57. The molecule has 1 aliphatic heterocycles. The van der Waals surface area contributed by atoms with Gasteiger partial charge in [-0.25, -0.2) is 4.79 Å². The first kappa shape index (κ1) is 18.8. The molecular weight excluding hydrogens is 376 g/mol. The van der Waals surface area contributed by atoms with Gasteiger partial charge in [0.1, 0.15) is 5.60 Å². The molecule has 1 N–H and O–H groups in total. The van der Waals surface area contributed by atoms with Crippen LogP contribution in [-0.2, 0) is 4.74 Å². The lowest BCUT2D eigenvalue weighted by atomic mass is 10.1. The fourth-order valence-electron chi connectivity index (χ4n) is 2.43. The number of amides is 2. The minimum absolute atomic E-state index is 0.131. The first-order valence-corrected chi connectivity index (χ1v) is 8.90. The van der Waals surface area contributed by atoms with Crippen LogP contribution >= 0.6 is 15.9 Å². The molecule has 0 unspecified atom stereocenters. The van der Waals surface area contributed by atoms with Gasteiger partial charge in [-0.1, -0.05) is 13.8 Å². The second-order valence-corrected chi connectivity index (χ2v) is 8.01. The maximum Gasteiger partial charge on any atom is 0.410 e. The third-order valence-electron chi connectivity index (χ3n) is 3.73. The minimum Gasteiger partial charge on any atom is -0.444 e. The predicted molar refractivity (Wildman–Crippen MR) is 94.1 cm³/mol. The number of aromatic amines is 1. The Balaban J connectivity index is 1.97. The van der Waals surface area contributed by atoms with Crippen LogP contribution in [0.2, 0.25) is 0 Å². The van der Waals surface area contributed by atoms with E-state index in [2.05, 4.69) is 26.1 Å². The topological polar surface area (TPSA) is 78.5 Å². The van der Waals surface area contributed by atoms with Crippen LogP contribution < -0.4 is 0 Å². The molecule has 1 fully saturated rings. The van der Waals surface area contributed by atoms with E-state index < -0.39 is 5.60 Å². The molecule has 2 heterocycles. The monoisotopic (exact) mass is 400 g/mol. The van der Waals surface area contributed by atoms with Crippen LogP contribution in [0.5, 0.6) is 0 Å². The van der Waals surface area contributed by atoms with E-state index in [1.54, 1.807) is 9.80 Å². The van der Waals surface area contributed by atoms with Crippen LogP contribution in [0, 0.1) is 0 Å². The van der Waals surface area contributed by atoms with Gasteiger partial charge in [0.2, 0.25) is 0 Å². The van der Waals surface area contributed by atoms with E-state index in [0.717, 1.165) is 10.2 Å². The highest BCUT2D eigenvalue weighted by Crippen LogP contribution is 2.26. The van der Waals surface area contributed by atoms with Crippen molar-refractivity contribution in [2.75, 3.05) is 26.2 Å². The number of carbonyl (C=O) groups is 2. The van der Waals surface area contributed by atoms with Gasteiger partial charge >= 0.3 is 6.09 Å². The fraction of sp³-hybridized carbons (Fsp3) is 0.688. The third-order valence-corrected chi connectivity index (χ3v) is 4.53. The summed E-state index contributed by atoms with van der Waals surface area (Å²) in [6.45, 7) is 11.4. The Morgan fingerprint density at radius 1 is 1.17 bits per heavy atom. The third kappa shape index (κ3) is 4.28. The molecule has 2 amide bonds. The zero-order chi connectivity index (χ0) is 18.1. The lowest BCUT2D eigenvalue weighted by Crippen LogP contribution is -2.51. The number of ether oxygens (including phenoxy) is 1. The summed E-state index contributed by atoms with van der Waals surface area (Å²) in [5.41, 5.74) is 0.784. The second-order valence-electron chi connectivity index (χ2n) is 7.21. The molecule has 1 saturated heterocycles. The Morgan fingerprint density at radius 2 is 1.71 bits per heavy atom. The average Bonchev–Trinajstić information content (AvgIpc) is 2.87. The van der Waals surface area contributed by atoms with Crippen LogP contribution in [0.4, 0.5) is 4.79 Å². The van der Waals surface area contributed by atoms with E-state index in [-0.39, 0.29) is 17.9 Å². The van der Waals surface area contributed by atoms with Crippen LogP contribution in [-0.4, -0.2) is 63.8 Å². The fourth-order valence-corrected chi connectivity index (χ4v) is 3.24. The molecule has 8 heteroatoms. The van der Waals surface area contributed by atoms with Crippen LogP contribution in [0.15, 0.2) is 4.47 Å². The van der Waals surface area contributed by atoms with Gasteiger partial charge in [0.05, 0.1) is 10.2 Å². The summed E-state index contributed by atoms with van der Waals surface area (Å²) < 4.78 is 6.08. The number of nitrogens with one attached hydrogen (secondary N) is 1. The van der Waals surface area contributed by atoms with E-state index >= 15 is 0 Å². The maximum atomic E-state index is 12.6. The Hall–Kier alpha value is -1.57. The normalized spacial score (nSPS) is 15.8. The number of nitrogens with zero attached hydrogens (tertiary/aromatic N) is 3. The number of piperazine rings is 1. The molecule has 2 rings (SSSR count). The summed E-state index contributed by atoms with van der Waals surface area (Å²) in [6.07, 6.45) is -0.336. The first-order valence-electron chi connectivity index (χ1n) is 8.11. The molecule has 1 aliphatic rings. The summed E-state index contributed by atoms with van der Waals surface area (Å²) in [4.78, 5) is 28.1. The van der Waals surface area contributed by atoms with Gasteiger partial charge in [-0.2, -0.15) is 5.10 Å². The molecule has 24 heavy (non-hydrogen) atoms. The molecule has 0 bridgehead atoms. The molecule has 0 radical (unpaired) electrons. The molecular formula is C16H25BrN4O3. The van der Waals surface area contributed by atoms with E-state index in [0.29, 0.717) is 31.9 Å². The lowest BCUT2D eigenvalue weighted by Gasteiger charge is -2.35. The summed E-state index contributed by atoms with van der Waals surface area (Å²) in [5.74, 6) is 0.117. The number of hydrogen-bond donors (Lipinski definition) is 1. The van der Waals surface area contributed by atoms with Crippen molar-refractivity contribution in [3.63, 3.8) is 0 Å². The van der Waals surface area contributed by atoms with Gasteiger partial charge in [-0.15, -0.1) is 0 Å². The summed E-state index contributed by atoms with van der Waals surface area (Å²) in [5, 5.41) is 7.06. The largest absolute Gasteiger partial charge is 0.444 e. The van der Waals surface area contributed by atoms with E-state index in [9.17, 15) is 9.59 Å². The lowest BCUT2D eigenvalue weighted by molar-refractivity contribution is 0.0140. The SMILES string of the molecule is CC(C)c1[nH]nc(C(=O)N2CCN(C(=O)OC(C)(C)C)CC2)c1Br. The summed E-state index contributed by atoms with van der Waals surface area (Å²) >= 11 is 3.46. The van der Waals surface area contributed by atoms with E-state index in [1.165, 1.54) is 0 Å². The van der Waals surface area contributed by atoms with Crippen molar-refractivity contribution in [3.05, 3.63) is 15.9 Å². The molecule has 0 aromatic carbocycles. The number of rotatable bonds is 2. The van der Waals surface area contributed by atoms with Crippen LogP contribution in [0.3, 0.4) is 0 Å². The zero-order valence-electron chi connectivity index (χ0n) is 14.9. The number of aromatic nitrogens is 2. The van der Waals surface area contributed by atoms with Crippen molar-refractivity contribution in [3.8, 4) is 0 Å². The van der Waals surface area contributed by atoms with Gasteiger partial charge in [0, 0.05) is 26.2 Å². The molecule has 1 aromatic heterocycles. The number of H-pyrrole nitrogens is 1. The van der Waals surface area contributed by atoms with Gasteiger partial charge in [-0.05, 0) is 42.6 Å². The van der Waals surface area contributed by atoms with Crippen molar-refractivity contribution in [2.24, 2.45) is 0 Å². The standard InChI is InChI=1S/C16H25BrN4O3/c1-10(2)12-11(17)13(19-18-12)14(22)20-6-8-21(9-7-20)15(23)24-16(3,4)5/h10H,6-9H2,1-5H3,(H,18,19). The Labute approximate surface area is 150 Å². The average molecular weight is 401 g/mol. The van der Waals surface area contributed by atoms with Crippen molar-refractivity contribution < 1.29 is 14.3 Å². The molecule has 0 aliphatic carbocycles. The highest BCUT2D eigenvalue weighted by molar-refractivity contribution is 9.10. The van der Waals surface area contributed by atoms with E-state index in [1.807, 2.05) is 34.6 Å². The van der Waals surface area contributed by atoms with Gasteiger partial charge in [0.15, 0.2) is 5.69 Å². The van der Waals surface area contributed by atoms with Crippen molar-refractivity contribution >= 4 is 27.9 Å². The number of hydrogen-bond acceptors (Lipinski definition) is 4. The minimum atomic E-state index is -0.517. The zero-order valence-corrected chi connectivity index (χ0v) is 16.4. The molecule has 0 atom stereocenters. The molecule has 0 spiro atoms. The predicted octanol–water partition coefficient (Wildman–Crippen LogP) is 2.99. The number of carbonyl (C=O) groups excluding carboxylic acids is 2. The first-order chi connectivity index (χ1) is 11.1. The quantitative estimate of drug-likeness (QED) is 0.827. The van der Waals surface area contributed by atoms with Gasteiger partial charge < -0.3 is 14.5 Å². The highest BCUT2D eigenvalue weighted by Gasteiger charge is 2.30. The molecule has 7 nitrogen and oxygen atoms in total. The molecule has 1 aromatic rings. The summed E-state index contributed by atoms with van der Waals surface area (Å²) in [6, 6.07) is 0. The maximum absolute atomic E-state index is 12.6. The van der Waals surface area contributed by atoms with E-state index in [4.69, 9.17) is 4.74 Å². The summed E-state index contributed by atoms with van der Waals surface area (Å²) in [7, 11) is 0. The van der Waals surface area contributed by atoms with Crippen molar-refractivity contribution in [1.29, 1.82) is 0 Å². The smallest absolute Gasteiger partial charge is 0.410 e. The Bertz CT molecular complexity index is 613. The second kappa shape index (κ2) is 7.13. The highest BCUT2D eigenvalue weighted by atomic mass is 79.9. The van der Waals surface area contributed by atoms with Crippen LogP contribution in [0.25, 0.3) is 0 Å². The number of halogens is 1. The van der Waals surface area contributed by atoms with Crippen molar-refractivity contribution in [2.45, 2.75) is 46.1 Å². The molecule has 0 saturated carbocycles. The van der Waals surface area contributed by atoms with Gasteiger partial charge in [0.25, 0.3) is 5.91 Å². The molecule has 134 valence electrons. The van der Waals surface area contributed by atoms with Gasteiger partial charge in [-0.3, -0.25) is 9.89 Å².